The summed E-state index contributed by atoms with van der Waals surface area (Å²) in [7, 11) is 0. The van der Waals surface area contributed by atoms with Crippen molar-refractivity contribution in [2.24, 2.45) is 5.73 Å². The van der Waals surface area contributed by atoms with E-state index in [4.69, 9.17) is 15.2 Å². The number of benzene rings is 1. The average molecular weight is 221 g/mol. The highest BCUT2D eigenvalue weighted by molar-refractivity contribution is 5.40. The average Bonchev–Trinajstić information content (AvgIpc) is 2.76. The third-order valence-electron chi connectivity index (χ3n) is 2.92. The standard InChI is InChI=1S/C13H19NO2/c1-2-15-7-6-12(14)10-3-4-13-11(9-10)5-8-16-13/h3-4,9,12H,2,5-8,14H2,1H3. The Morgan fingerprint density at radius 2 is 2.38 bits per heavy atom. The van der Waals surface area contributed by atoms with Gasteiger partial charge < -0.3 is 15.2 Å². The van der Waals surface area contributed by atoms with Crippen molar-refractivity contribution < 1.29 is 9.47 Å². The lowest BCUT2D eigenvalue weighted by Gasteiger charge is -2.12. The molecule has 0 fully saturated rings. The monoisotopic (exact) mass is 221 g/mol. The Hall–Kier alpha value is -1.06. The van der Waals surface area contributed by atoms with Crippen LogP contribution in [0.15, 0.2) is 18.2 Å². The highest BCUT2D eigenvalue weighted by Gasteiger charge is 2.14. The molecule has 0 aliphatic carbocycles. The van der Waals surface area contributed by atoms with Crippen molar-refractivity contribution in [2.45, 2.75) is 25.8 Å². The summed E-state index contributed by atoms with van der Waals surface area (Å²) in [5.74, 6) is 1.01. The predicted octanol–water partition coefficient (Wildman–Crippen LogP) is 2.05. The molecule has 0 radical (unpaired) electrons. The third-order valence-corrected chi connectivity index (χ3v) is 2.92. The highest BCUT2D eigenvalue weighted by Crippen LogP contribution is 2.28. The van der Waals surface area contributed by atoms with Gasteiger partial charge in [-0.2, -0.15) is 0 Å². The quantitative estimate of drug-likeness (QED) is 0.774. The van der Waals surface area contributed by atoms with Gasteiger partial charge in [0.25, 0.3) is 0 Å². The van der Waals surface area contributed by atoms with Gasteiger partial charge in [-0.25, -0.2) is 0 Å². The van der Waals surface area contributed by atoms with Gasteiger partial charge in [0.1, 0.15) is 5.75 Å². The van der Waals surface area contributed by atoms with Crippen LogP contribution >= 0.6 is 0 Å². The van der Waals surface area contributed by atoms with Crippen molar-refractivity contribution in [3.05, 3.63) is 29.3 Å². The van der Waals surface area contributed by atoms with Gasteiger partial charge in [0.15, 0.2) is 0 Å². The van der Waals surface area contributed by atoms with Crippen LogP contribution in [0.1, 0.15) is 30.5 Å². The van der Waals surface area contributed by atoms with E-state index in [0.29, 0.717) is 0 Å². The lowest BCUT2D eigenvalue weighted by molar-refractivity contribution is 0.140. The van der Waals surface area contributed by atoms with Crippen LogP contribution in [0.25, 0.3) is 0 Å². The lowest BCUT2D eigenvalue weighted by atomic mass is 10.0. The molecule has 16 heavy (non-hydrogen) atoms. The second kappa shape index (κ2) is 5.32. The van der Waals surface area contributed by atoms with Crippen LogP contribution in [0.5, 0.6) is 5.75 Å². The molecule has 1 aromatic carbocycles. The Bertz CT molecular complexity index is 352. The van der Waals surface area contributed by atoms with Crippen LogP contribution in [0.2, 0.25) is 0 Å². The molecule has 3 heteroatoms. The van der Waals surface area contributed by atoms with E-state index in [1.807, 2.05) is 13.0 Å². The van der Waals surface area contributed by atoms with Gasteiger partial charge in [-0.05, 0) is 30.5 Å². The minimum Gasteiger partial charge on any atom is -0.493 e. The summed E-state index contributed by atoms with van der Waals surface area (Å²) < 4.78 is 10.8. The molecule has 1 aromatic rings. The van der Waals surface area contributed by atoms with Gasteiger partial charge in [-0.3, -0.25) is 0 Å². The highest BCUT2D eigenvalue weighted by atomic mass is 16.5. The van der Waals surface area contributed by atoms with Crippen LogP contribution < -0.4 is 10.5 Å². The molecule has 3 nitrogen and oxygen atoms in total. The van der Waals surface area contributed by atoms with Gasteiger partial charge in [-0.1, -0.05) is 12.1 Å². The first-order valence-electron chi connectivity index (χ1n) is 5.90. The lowest BCUT2D eigenvalue weighted by Crippen LogP contribution is -2.13. The Kier molecular flexibility index (Phi) is 3.80. The fourth-order valence-electron chi connectivity index (χ4n) is 1.96. The second-order valence-corrected chi connectivity index (χ2v) is 4.06. The molecule has 0 spiro atoms. The summed E-state index contributed by atoms with van der Waals surface area (Å²) in [6, 6.07) is 6.32. The van der Waals surface area contributed by atoms with Gasteiger partial charge in [0.05, 0.1) is 6.61 Å². The molecule has 1 atom stereocenters. The predicted molar refractivity (Wildman–Crippen MR) is 63.7 cm³/mol. The van der Waals surface area contributed by atoms with E-state index >= 15 is 0 Å². The summed E-state index contributed by atoms with van der Waals surface area (Å²) >= 11 is 0. The first-order chi connectivity index (χ1) is 7.81. The largest absolute Gasteiger partial charge is 0.493 e. The zero-order valence-electron chi connectivity index (χ0n) is 9.74. The molecule has 1 heterocycles. The number of rotatable bonds is 5. The molecular weight excluding hydrogens is 202 g/mol. The molecule has 1 aliphatic heterocycles. The first kappa shape index (κ1) is 11.4. The maximum absolute atomic E-state index is 6.11. The Balaban J connectivity index is 1.98. The van der Waals surface area contributed by atoms with Crippen molar-refractivity contribution in [3.8, 4) is 5.75 Å². The fourth-order valence-corrected chi connectivity index (χ4v) is 1.96. The molecule has 1 unspecified atom stereocenters. The number of ether oxygens (including phenoxy) is 2. The minimum absolute atomic E-state index is 0.0671. The zero-order chi connectivity index (χ0) is 11.4. The van der Waals surface area contributed by atoms with Gasteiger partial charge in [0, 0.05) is 25.7 Å². The molecular formula is C13H19NO2. The summed E-state index contributed by atoms with van der Waals surface area (Å²) in [5.41, 5.74) is 8.58. The maximum Gasteiger partial charge on any atom is 0.122 e. The molecule has 2 rings (SSSR count). The van der Waals surface area contributed by atoms with Gasteiger partial charge in [0.2, 0.25) is 0 Å². The van der Waals surface area contributed by atoms with Crippen LogP contribution in [0, 0.1) is 0 Å². The Labute approximate surface area is 96.5 Å². The van der Waals surface area contributed by atoms with Crippen molar-refractivity contribution in [1.29, 1.82) is 0 Å². The SMILES string of the molecule is CCOCCC(N)c1ccc2c(c1)CCO2. The second-order valence-electron chi connectivity index (χ2n) is 4.06. The van der Waals surface area contributed by atoms with Crippen molar-refractivity contribution >= 4 is 0 Å². The molecule has 0 saturated heterocycles. The normalized spacial score (nSPS) is 15.6. The molecule has 0 bridgehead atoms. The Morgan fingerprint density at radius 1 is 1.50 bits per heavy atom. The molecule has 0 amide bonds. The smallest absolute Gasteiger partial charge is 0.122 e. The zero-order valence-corrected chi connectivity index (χ0v) is 9.74. The van der Waals surface area contributed by atoms with E-state index < -0.39 is 0 Å². The van der Waals surface area contributed by atoms with E-state index in [2.05, 4.69) is 12.1 Å². The maximum atomic E-state index is 6.11. The van der Waals surface area contributed by atoms with Crippen molar-refractivity contribution in [3.63, 3.8) is 0 Å². The minimum atomic E-state index is 0.0671. The van der Waals surface area contributed by atoms with Gasteiger partial charge >= 0.3 is 0 Å². The van der Waals surface area contributed by atoms with E-state index in [9.17, 15) is 0 Å². The van der Waals surface area contributed by atoms with E-state index in [-0.39, 0.29) is 6.04 Å². The van der Waals surface area contributed by atoms with Crippen molar-refractivity contribution in [1.82, 2.24) is 0 Å². The molecule has 0 aromatic heterocycles. The molecule has 2 N–H and O–H groups in total. The van der Waals surface area contributed by atoms with E-state index in [1.54, 1.807) is 0 Å². The fraction of sp³-hybridized carbons (Fsp3) is 0.538. The van der Waals surface area contributed by atoms with Crippen LogP contribution in [-0.4, -0.2) is 19.8 Å². The third kappa shape index (κ3) is 2.54. The molecule has 0 saturated carbocycles. The number of fused-ring (bicyclic) bond motifs is 1. The van der Waals surface area contributed by atoms with Crippen LogP contribution in [-0.2, 0) is 11.2 Å². The summed E-state index contributed by atoms with van der Waals surface area (Å²) in [6.45, 7) is 4.28. The number of hydrogen-bond acceptors (Lipinski definition) is 3. The van der Waals surface area contributed by atoms with Crippen LogP contribution in [0.4, 0.5) is 0 Å². The van der Waals surface area contributed by atoms with Gasteiger partial charge in [-0.15, -0.1) is 0 Å². The molecule has 88 valence electrons. The summed E-state index contributed by atoms with van der Waals surface area (Å²) in [4.78, 5) is 0. The van der Waals surface area contributed by atoms with Crippen LogP contribution in [0.3, 0.4) is 0 Å². The summed E-state index contributed by atoms with van der Waals surface area (Å²) in [6.07, 6.45) is 1.87. The van der Waals surface area contributed by atoms with Crippen molar-refractivity contribution in [2.75, 3.05) is 19.8 Å². The van der Waals surface area contributed by atoms with E-state index in [1.165, 1.54) is 11.1 Å². The first-order valence-corrected chi connectivity index (χ1v) is 5.90. The van der Waals surface area contributed by atoms with E-state index in [0.717, 1.165) is 38.4 Å². The Morgan fingerprint density at radius 3 is 3.19 bits per heavy atom. The number of nitrogens with two attached hydrogens (primary N) is 1. The number of hydrogen-bond donors (Lipinski definition) is 1. The summed E-state index contributed by atoms with van der Waals surface area (Å²) in [5, 5.41) is 0. The topological polar surface area (TPSA) is 44.5 Å². The molecule has 1 aliphatic rings.